The topological polar surface area (TPSA) is 0 Å². The van der Waals surface area contributed by atoms with Gasteiger partial charge in [0.2, 0.25) is 0 Å². The maximum Gasteiger partial charge on any atom is 0.0843 e. The van der Waals surface area contributed by atoms with E-state index in [1.54, 1.807) is 11.3 Å². The second-order valence-corrected chi connectivity index (χ2v) is 8.11. The van der Waals surface area contributed by atoms with E-state index in [2.05, 4.69) is 91.1 Å². The van der Waals surface area contributed by atoms with Crippen molar-refractivity contribution in [1.29, 1.82) is 0 Å². The van der Waals surface area contributed by atoms with Crippen molar-refractivity contribution in [3.05, 3.63) is 55.1 Å². The Balaban J connectivity index is 2.23. The van der Waals surface area contributed by atoms with E-state index in [4.69, 9.17) is 0 Å². The van der Waals surface area contributed by atoms with Gasteiger partial charge in [0.1, 0.15) is 0 Å². The van der Waals surface area contributed by atoms with Gasteiger partial charge >= 0.3 is 0 Å². The fourth-order valence-electron chi connectivity index (χ4n) is 1.67. The molecule has 0 bridgehead atoms. The smallest absolute Gasteiger partial charge is 0.0843 e. The Hall–Kier alpha value is 0.360. The third-order valence-corrected chi connectivity index (χ3v) is 7.63. The lowest BCUT2D eigenvalue weighted by Gasteiger charge is -2.17. The Bertz CT molecular complexity index is 473. The molecule has 0 radical (unpaired) electrons. The van der Waals surface area contributed by atoms with Crippen molar-refractivity contribution >= 4 is 59.1 Å². The molecular weight excluding hydrogens is 428 g/mol. The third kappa shape index (κ3) is 3.22. The second-order valence-electron chi connectivity index (χ2n) is 3.87. The average molecular weight is 439 g/mol. The minimum Gasteiger partial charge on any atom is -0.131 e. The highest BCUT2D eigenvalue weighted by Gasteiger charge is 2.20. The van der Waals surface area contributed by atoms with Crippen LogP contribution in [0.15, 0.2) is 44.7 Å². The molecule has 90 valence electrons. The summed E-state index contributed by atoms with van der Waals surface area (Å²) in [6.45, 7) is 2.25. The van der Waals surface area contributed by atoms with E-state index in [9.17, 15) is 0 Å². The van der Waals surface area contributed by atoms with Crippen molar-refractivity contribution in [3.8, 4) is 0 Å². The summed E-state index contributed by atoms with van der Waals surface area (Å²) in [7, 11) is 0. The maximum absolute atomic E-state index is 3.80. The first-order valence-corrected chi connectivity index (χ1v) is 8.55. The molecule has 0 fully saturated rings. The number of alkyl halides is 1. The zero-order valence-electron chi connectivity index (χ0n) is 9.16. The van der Waals surface area contributed by atoms with E-state index in [-0.39, 0.29) is 0 Å². The molecule has 1 heterocycles. The molecule has 2 atom stereocenters. The van der Waals surface area contributed by atoms with Gasteiger partial charge in [-0.05, 0) is 49.4 Å². The molecule has 0 aliphatic carbocycles. The minimum atomic E-state index is 0.345. The molecule has 1 aromatic carbocycles. The molecule has 1 aromatic heterocycles. The molecule has 0 aliphatic rings. The highest BCUT2D eigenvalue weighted by Crippen LogP contribution is 2.44. The average Bonchev–Trinajstić information content (AvgIpc) is 2.69. The fourth-order valence-corrected chi connectivity index (χ4v) is 4.56. The van der Waals surface area contributed by atoms with E-state index in [0.29, 0.717) is 10.7 Å². The van der Waals surface area contributed by atoms with Crippen molar-refractivity contribution in [1.82, 2.24) is 0 Å². The van der Waals surface area contributed by atoms with Crippen LogP contribution in [0, 0.1) is 0 Å². The molecule has 0 spiro atoms. The molecular formula is C13H11Br3S. The molecule has 0 saturated carbocycles. The lowest BCUT2D eigenvalue weighted by Crippen LogP contribution is -2.00. The molecule has 0 nitrogen and oxygen atoms in total. The zero-order chi connectivity index (χ0) is 12.4. The largest absolute Gasteiger partial charge is 0.131 e. The predicted molar refractivity (Wildman–Crippen MR) is 86.2 cm³/mol. The number of hydrogen-bond donors (Lipinski definition) is 0. The molecule has 4 heteroatoms. The number of halogens is 3. The molecule has 17 heavy (non-hydrogen) atoms. The molecule has 2 unspecified atom stereocenters. The van der Waals surface area contributed by atoms with Crippen molar-refractivity contribution in [2.24, 2.45) is 0 Å². The van der Waals surface area contributed by atoms with Crippen LogP contribution in [0.3, 0.4) is 0 Å². The maximum atomic E-state index is 3.80. The van der Waals surface area contributed by atoms with Crippen LogP contribution in [0.4, 0.5) is 0 Å². The first-order chi connectivity index (χ1) is 8.09. The summed E-state index contributed by atoms with van der Waals surface area (Å²) >= 11 is 12.6. The van der Waals surface area contributed by atoms with Crippen LogP contribution in [-0.4, -0.2) is 0 Å². The van der Waals surface area contributed by atoms with Gasteiger partial charge in [-0.1, -0.05) is 53.2 Å². The summed E-state index contributed by atoms with van der Waals surface area (Å²) in [4.78, 5) is 1.68. The van der Waals surface area contributed by atoms with Crippen LogP contribution in [0.5, 0.6) is 0 Å². The van der Waals surface area contributed by atoms with E-state index < -0.39 is 0 Å². The van der Waals surface area contributed by atoms with Gasteiger partial charge < -0.3 is 0 Å². The van der Waals surface area contributed by atoms with Crippen LogP contribution >= 0.6 is 59.1 Å². The summed E-state index contributed by atoms with van der Waals surface area (Å²) in [6, 6.07) is 12.8. The number of rotatable bonds is 3. The normalized spacial score (nSPS) is 14.6. The first-order valence-electron chi connectivity index (χ1n) is 5.23. The van der Waals surface area contributed by atoms with E-state index in [0.717, 1.165) is 8.26 Å². The van der Waals surface area contributed by atoms with E-state index >= 15 is 0 Å². The molecule has 2 rings (SSSR count). The fraction of sp³-hybridized carbons (Fsp3) is 0.231. The van der Waals surface area contributed by atoms with Gasteiger partial charge in [0.25, 0.3) is 0 Å². The Labute approximate surface area is 131 Å². The number of thiophene rings is 1. The molecule has 0 N–H and O–H groups in total. The number of hydrogen-bond acceptors (Lipinski definition) is 1. The second kappa shape index (κ2) is 6.00. The third-order valence-electron chi connectivity index (χ3n) is 2.70. The molecule has 2 aromatic rings. The van der Waals surface area contributed by atoms with Gasteiger partial charge in [-0.2, -0.15) is 0 Å². The lowest BCUT2D eigenvalue weighted by atomic mass is 9.97. The predicted octanol–water partition coefficient (Wildman–Crippen LogP) is 6.51. The first kappa shape index (κ1) is 13.8. The Morgan fingerprint density at radius 2 is 1.76 bits per heavy atom. The van der Waals surface area contributed by atoms with Crippen molar-refractivity contribution < 1.29 is 0 Å². The van der Waals surface area contributed by atoms with Crippen LogP contribution in [0.2, 0.25) is 0 Å². The van der Waals surface area contributed by atoms with Crippen LogP contribution in [-0.2, 0) is 0 Å². The molecule has 0 aliphatic heterocycles. The van der Waals surface area contributed by atoms with E-state index in [1.807, 2.05) is 0 Å². The standard InChI is InChI=1S/C13H11Br3S/c1-8(9-5-3-2-4-6-9)12(15)11-7-10(14)13(16)17-11/h2-8,12H,1H3. The zero-order valence-corrected chi connectivity index (χ0v) is 14.7. The van der Waals surface area contributed by atoms with Gasteiger partial charge in [-0.25, -0.2) is 0 Å². The monoisotopic (exact) mass is 436 g/mol. The van der Waals surface area contributed by atoms with Crippen molar-refractivity contribution in [2.75, 3.05) is 0 Å². The summed E-state index contributed by atoms with van der Waals surface area (Å²) in [5.41, 5.74) is 1.36. The highest BCUT2D eigenvalue weighted by atomic mass is 79.9. The number of benzene rings is 1. The highest BCUT2D eigenvalue weighted by molar-refractivity contribution is 9.13. The summed E-state index contributed by atoms with van der Waals surface area (Å²) in [5.74, 6) is 0.452. The summed E-state index contributed by atoms with van der Waals surface area (Å²) < 4.78 is 2.28. The van der Waals surface area contributed by atoms with Gasteiger partial charge in [0.05, 0.1) is 8.61 Å². The molecule has 0 saturated heterocycles. The van der Waals surface area contributed by atoms with Crippen LogP contribution < -0.4 is 0 Å². The van der Waals surface area contributed by atoms with Gasteiger partial charge in [-0.3, -0.25) is 0 Å². The van der Waals surface area contributed by atoms with Gasteiger partial charge in [0, 0.05) is 9.35 Å². The van der Waals surface area contributed by atoms with Crippen molar-refractivity contribution in [2.45, 2.75) is 17.7 Å². The Morgan fingerprint density at radius 1 is 1.12 bits per heavy atom. The SMILES string of the molecule is CC(c1ccccc1)C(Br)c1cc(Br)c(Br)s1. The lowest BCUT2D eigenvalue weighted by molar-refractivity contribution is 0.761. The quantitative estimate of drug-likeness (QED) is 0.479. The van der Waals surface area contributed by atoms with E-state index in [1.165, 1.54) is 10.4 Å². The van der Waals surface area contributed by atoms with Gasteiger partial charge in [-0.15, -0.1) is 11.3 Å². The Morgan fingerprint density at radius 3 is 2.29 bits per heavy atom. The van der Waals surface area contributed by atoms with Crippen LogP contribution in [0.1, 0.15) is 28.1 Å². The summed E-state index contributed by atoms with van der Waals surface area (Å²) in [5, 5.41) is 0. The van der Waals surface area contributed by atoms with Crippen LogP contribution in [0.25, 0.3) is 0 Å². The minimum absolute atomic E-state index is 0.345. The van der Waals surface area contributed by atoms with Gasteiger partial charge in [0.15, 0.2) is 0 Å². The van der Waals surface area contributed by atoms with Crippen molar-refractivity contribution in [3.63, 3.8) is 0 Å². The Kier molecular flexibility index (Phi) is 4.87. The molecule has 0 amide bonds. The summed E-state index contributed by atoms with van der Waals surface area (Å²) in [6.07, 6.45) is 0.